The maximum Gasteiger partial charge on any atom is 0.136 e. The zero-order valence-corrected chi connectivity index (χ0v) is 24.9. The van der Waals surface area contributed by atoms with E-state index in [0.29, 0.717) is 5.56 Å². The molecule has 0 saturated heterocycles. The maximum atomic E-state index is 9.74. The number of benzene rings is 9. The van der Waals surface area contributed by atoms with E-state index in [0.717, 1.165) is 54.6 Å². The first-order valence-electron chi connectivity index (χ1n) is 19.9. The number of hydrogen-bond acceptors (Lipinski definition) is 1. The van der Waals surface area contributed by atoms with Crippen LogP contribution in [0.1, 0.15) is 12.3 Å². The third-order valence-electron chi connectivity index (χ3n) is 9.05. The average Bonchev–Trinajstić information content (AvgIpc) is 3.64. The molecule has 1 aromatic heterocycles. The third kappa shape index (κ3) is 4.10. The molecule has 9 aromatic carbocycles. The van der Waals surface area contributed by atoms with Crippen molar-refractivity contribution in [3.63, 3.8) is 0 Å². The highest BCUT2D eigenvalue weighted by Gasteiger charge is 2.18. The minimum absolute atomic E-state index is 0.000836. The molecule has 0 bridgehead atoms. The lowest BCUT2D eigenvalue weighted by molar-refractivity contribution is 0.669. The molecule has 0 fully saturated rings. The molecule has 0 unspecified atom stereocenters. The fourth-order valence-corrected chi connectivity index (χ4v) is 6.90. The largest absolute Gasteiger partial charge is 0.456 e. The predicted molar refractivity (Wildman–Crippen MR) is 200 cm³/mol. The van der Waals surface area contributed by atoms with E-state index < -0.39 is 24.2 Å². The average molecular weight is 606 g/mol. The predicted octanol–water partition coefficient (Wildman–Crippen LogP) is 13.2. The number of hydrogen-bond donors (Lipinski definition) is 0. The lowest BCUT2D eigenvalue weighted by atomic mass is 9.85. The molecule has 0 aliphatic carbocycles. The molecule has 0 aliphatic rings. The third-order valence-corrected chi connectivity index (χ3v) is 9.05. The summed E-state index contributed by atoms with van der Waals surface area (Å²) in [4.78, 5) is 0. The fraction of sp³-hybridized carbons (Fsp3) is 0. The van der Waals surface area contributed by atoms with Crippen molar-refractivity contribution in [2.45, 2.75) is 0 Å². The minimum atomic E-state index is -0.537. The van der Waals surface area contributed by atoms with Gasteiger partial charge in [0.2, 0.25) is 0 Å². The summed E-state index contributed by atoms with van der Waals surface area (Å²) >= 11 is 0. The summed E-state index contributed by atoms with van der Waals surface area (Å²) in [5.74, 6) is 0. The highest BCUT2D eigenvalue weighted by Crippen LogP contribution is 2.45. The Bertz CT molecular complexity index is 3300. The first kappa shape index (κ1) is 18.7. The molecule has 0 spiro atoms. The molecule has 0 aliphatic heterocycles. The highest BCUT2D eigenvalue weighted by atomic mass is 16.3. The normalized spacial score (nSPS) is 14.5. The molecule has 1 nitrogen and oxygen atoms in total. The van der Waals surface area contributed by atoms with E-state index in [9.17, 15) is 5.48 Å². The van der Waals surface area contributed by atoms with Gasteiger partial charge in [0.05, 0.1) is 12.3 Å². The van der Waals surface area contributed by atoms with Crippen molar-refractivity contribution in [3.8, 4) is 33.4 Å². The molecular weight excluding hydrogens is 569 g/mol. The second kappa shape index (κ2) is 10.2. The Hall–Kier alpha value is -6.18. The Kier molecular flexibility index (Phi) is 4.05. The monoisotopic (exact) mass is 605 g/mol. The standard InChI is InChI=1S/C46H28O/c1-2-10-29(11-3-1)32-18-19-34-25-35(21-20-33(34)24-32)45-37-14-6-8-16-39(37)46(40-17-9-7-15-38(40)45)36-22-23-43-41(27-36)42-26-30-12-4-5-13-31(30)28-44(42)47-43/h1-28H/i4D,5D,12D,13D,22D,23D,26D,27D,28D. The van der Waals surface area contributed by atoms with Crippen LogP contribution in [0.2, 0.25) is 0 Å². The molecule has 0 saturated carbocycles. The topological polar surface area (TPSA) is 13.1 Å². The summed E-state index contributed by atoms with van der Waals surface area (Å²) in [6, 6.07) is 35.4. The first-order valence-corrected chi connectivity index (χ1v) is 15.4. The molecule has 1 heteroatoms. The van der Waals surface area contributed by atoms with E-state index in [4.69, 9.17) is 11.3 Å². The summed E-state index contributed by atoms with van der Waals surface area (Å²) < 4.78 is 86.2. The van der Waals surface area contributed by atoms with Crippen molar-refractivity contribution >= 4 is 65.0 Å². The van der Waals surface area contributed by atoms with Gasteiger partial charge in [-0.1, -0.05) is 133 Å². The van der Waals surface area contributed by atoms with E-state index in [2.05, 4.69) is 48.5 Å². The molecule has 1 heterocycles. The Balaban J connectivity index is 1.28. The van der Waals surface area contributed by atoms with Crippen LogP contribution in [0.4, 0.5) is 0 Å². The molecule has 10 aromatic rings. The van der Waals surface area contributed by atoms with Crippen LogP contribution in [0.5, 0.6) is 0 Å². The van der Waals surface area contributed by atoms with Gasteiger partial charge in [-0.2, -0.15) is 0 Å². The molecule has 0 radical (unpaired) electrons. The zero-order chi connectivity index (χ0) is 38.7. The summed E-state index contributed by atoms with van der Waals surface area (Å²) in [5, 5.41) is 5.21. The van der Waals surface area contributed by atoms with Gasteiger partial charge in [-0.15, -0.1) is 0 Å². The minimum Gasteiger partial charge on any atom is -0.456 e. The lowest BCUT2D eigenvalue weighted by Crippen LogP contribution is -1.91. The smallest absolute Gasteiger partial charge is 0.136 e. The van der Waals surface area contributed by atoms with E-state index in [1.807, 2.05) is 66.7 Å². The molecule has 218 valence electrons. The number of rotatable bonds is 3. The van der Waals surface area contributed by atoms with Crippen molar-refractivity contribution in [2.75, 3.05) is 0 Å². The summed E-state index contributed by atoms with van der Waals surface area (Å²) in [6.07, 6.45) is 0. The lowest BCUT2D eigenvalue weighted by Gasteiger charge is -2.18. The van der Waals surface area contributed by atoms with E-state index >= 15 is 0 Å². The van der Waals surface area contributed by atoms with Crippen LogP contribution in [-0.4, -0.2) is 0 Å². The van der Waals surface area contributed by atoms with Gasteiger partial charge in [0.1, 0.15) is 11.2 Å². The van der Waals surface area contributed by atoms with Gasteiger partial charge in [0.25, 0.3) is 0 Å². The summed E-state index contributed by atoms with van der Waals surface area (Å²) in [5.41, 5.74) is 4.68. The Labute approximate surface area is 284 Å². The molecule has 0 N–H and O–H groups in total. The zero-order valence-electron chi connectivity index (χ0n) is 33.9. The van der Waals surface area contributed by atoms with Gasteiger partial charge in [-0.3, -0.25) is 0 Å². The van der Waals surface area contributed by atoms with Crippen molar-refractivity contribution < 1.29 is 16.8 Å². The Morgan fingerprint density at radius 3 is 1.60 bits per heavy atom. The van der Waals surface area contributed by atoms with Crippen molar-refractivity contribution in [3.05, 3.63) is 170 Å². The van der Waals surface area contributed by atoms with Crippen LogP contribution in [-0.2, 0) is 0 Å². The van der Waals surface area contributed by atoms with Gasteiger partial charge in [0.15, 0.2) is 0 Å². The van der Waals surface area contributed by atoms with Gasteiger partial charge in [0, 0.05) is 10.8 Å². The van der Waals surface area contributed by atoms with Crippen LogP contribution in [0.3, 0.4) is 0 Å². The summed E-state index contributed by atoms with van der Waals surface area (Å²) in [7, 11) is 0. The SMILES string of the molecule is [2H]c1c(-c2c3ccccc3c(-c3ccc4cc(-c5ccccc5)ccc4c3)c3ccccc23)c([2H])c2c(oc3c([2H])c4c([2H])c([2H])c([2H])c([2H])c4c([2H])c32)c1[2H]. The molecule has 0 atom stereocenters. The Morgan fingerprint density at radius 2 is 0.915 bits per heavy atom. The maximum absolute atomic E-state index is 9.74. The van der Waals surface area contributed by atoms with Crippen LogP contribution in [0, 0.1) is 0 Å². The Morgan fingerprint density at radius 1 is 0.362 bits per heavy atom. The molecule has 10 rings (SSSR count). The fourth-order valence-electron chi connectivity index (χ4n) is 6.90. The van der Waals surface area contributed by atoms with Crippen LogP contribution >= 0.6 is 0 Å². The molecular formula is C46H28O. The molecule has 47 heavy (non-hydrogen) atoms. The van der Waals surface area contributed by atoms with Crippen molar-refractivity contribution in [1.29, 1.82) is 0 Å². The summed E-state index contributed by atoms with van der Waals surface area (Å²) in [6.45, 7) is 0. The van der Waals surface area contributed by atoms with Crippen molar-refractivity contribution in [1.82, 2.24) is 0 Å². The quantitative estimate of drug-likeness (QED) is 0.183. The second-order valence-electron chi connectivity index (χ2n) is 11.7. The number of furan rings is 1. The van der Waals surface area contributed by atoms with Gasteiger partial charge < -0.3 is 4.42 Å². The van der Waals surface area contributed by atoms with E-state index in [-0.39, 0.29) is 68.5 Å². The first-order chi connectivity index (χ1) is 27.1. The van der Waals surface area contributed by atoms with Crippen molar-refractivity contribution in [2.24, 2.45) is 0 Å². The van der Waals surface area contributed by atoms with E-state index in [1.54, 1.807) is 0 Å². The highest BCUT2D eigenvalue weighted by molar-refractivity contribution is 6.22. The van der Waals surface area contributed by atoms with Gasteiger partial charge >= 0.3 is 0 Å². The second-order valence-corrected chi connectivity index (χ2v) is 11.7. The van der Waals surface area contributed by atoms with Crippen LogP contribution in [0.25, 0.3) is 98.4 Å². The van der Waals surface area contributed by atoms with Gasteiger partial charge in [-0.05, 0) is 113 Å². The van der Waals surface area contributed by atoms with Gasteiger partial charge in [-0.25, -0.2) is 0 Å². The van der Waals surface area contributed by atoms with E-state index in [1.165, 1.54) is 0 Å². The van der Waals surface area contributed by atoms with Crippen LogP contribution in [0.15, 0.2) is 174 Å². The number of fused-ring (bicyclic) bond motifs is 7. The molecule has 0 amide bonds. The van der Waals surface area contributed by atoms with Crippen LogP contribution < -0.4 is 0 Å².